The molecule has 1 unspecified atom stereocenters. The van der Waals surface area contributed by atoms with E-state index in [9.17, 15) is 14.7 Å². The van der Waals surface area contributed by atoms with Crippen LogP contribution < -0.4 is 0 Å². The molecule has 0 fully saturated rings. The Balaban J connectivity index is 2.89. The van der Waals surface area contributed by atoms with Crippen molar-refractivity contribution in [3.8, 4) is 5.75 Å². The fraction of sp³-hybridized carbons (Fsp3) is 0.385. The van der Waals surface area contributed by atoms with Gasteiger partial charge in [-0.25, -0.2) is 4.79 Å². The molecule has 0 saturated heterocycles. The molecule has 1 aromatic rings. The zero-order valence-electron chi connectivity index (χ0n) is 10.5. The highest BCUT2D eigenvalue weighted by molar-refractivity contribution is 5.82. The van der Waals surface area contributed by atoms with Crippen LogP contribution in [0.25, 0.3) is 0 Å². The van der Waals surface area contributed by atoms with Gasteiger partial charge < -0.3 is 15.1 Å². The van der Waals surface area contributed by atoms with Gasteiger partial charge in [0.1, 0.15) is 11.8 Å². The van der Waals surface area contributed by atoms with Gasteiger partial charge >= 0.3 is 5.97 Å². The molecule has 0 saturated carbocycles. The fourth-order valence-electron chi connectivity index (χ4n) is 1.85. The van der Waals surface area contributed by atoms with Gasteiger partial charge in [0.25, 0.3) is 0 Å². The lowest BCUT2D eigenvalue weighted by Crippen LogP contribution is -2.45. The summed E-state index contributed by atoms with van der Waals surface area (Å²) in [7, 11) is 0. The van der Waals surface area contributed by atoms with Gasteiger partial charge in [-0.05, 0) is 24.6 Å². The third kappa shape index (κ3) is 3.48. The lowest BCUT2D eigenvalue weighted by atomic mass is 10.0. The summed E-state index contributed by atoms with van der Waals surface area (Å²) in [5, 5.41) is 18.4. The van der Waals surface area contributed by atoms with Crippen LogP contribution in [0, 0.1) is 0 Å². The molecule has 1 aromatic carbocycles. The zero-order valence-corrected chi connectivity index (χ0v) is 10.5. The minimum Gasteiger partial charge on any atom is -0.508 e. The molecule has 98 valence electrons. The van der Waals surface area contributed by atoms with E-state index in [1.807, 2.05) is 0 Å². The molecule has 0 aliphatic rings. The largest absolute Gasteiger partial charge is 0.508 e. The molecule has 0 aliphatic heterocycles. The summed E-state index contributed by atoms with van der Waals surface area (Å²) in [5.74, 6) is -1.16. The summed E-state index contributed by atoms with van der Waals surface area (Å²) in [6.45, 7) is 3.45. The summed E-state index contributed by atoms with van der Waals surface area (Å²) < 4.78 is 0. The maximum Gasteiger partial charge on any atom is 0.326 e. The van der Waals surface area contributed by atoms with E-state index in [-0.39, 0.29) is 18.1 Å². The van der Waals surface area contributed by atoms with Gasteiger partial charge in [-0.1, -0.05) is 12.1 Å². The summed E-state index contributed by atoms with van der Waals surface area (Å²) in [4.78, 5) is 23.9. The number of likely N-dealkylation sites (N-methyl/N-ethyl adjacent to an activating group) is 1. The number of carboxylic acids is 1. The van der Waals surface area contributed by atoms with Crippen molar-refractivity contribution in [3.05, 3.63) is 29.8 Å². The Kier molecular flexibility index (Phi) is 4.71. The van der Waals surface area contributed by atoms with Gasteiger partial charge in [-0.15, -0.1) is 0 Å². The number of carbonyl (C=O) groups excluding carboxylic acids is 1. The molecule has 2 N–H and O–H groups in total. The number of carboxylic acid groups (broad SMARTS) is 1. The van der Waals surface area contributed by atoms with Crippen LogP contribution in [0.5, 0.6) is 5.75 Å². The number of nitrogens with zero attached hydrogens (tertiary/aromatic N) is 1. The number of hydrogen-bond acceptors (Lipinski definition) is 3. The van der Waals surface area contributed by atoms with Crippen LogP contribution in [0.1, 0.15) is 19.4 Å². The third-order valence-electron chi connectivity index (χ3n) is 2.77. The predicted molar refractivity (Wildman–Crippen MR) is 66.3 cm³/mol. The Morgan fingerprint density at radius 3 is 2.22 bits per heavy atom. The molecule has 1 atom stereocenters. The molecule has 0 spiro atoms. The lowest BCUT2D eigenvalue weighted by molar-refractivity contribution is -0.149. The normalized spacial score (nSPS) is 11.9. The topological polar surface area (TPSA) is 77.8 Å². The summed E-state index contributed by atoms with van der Waals surface area (Å²) >= 11 is 0. The number of rotatable bonds is 5. The van der Waals surface area contributed by atoms with Crippen LogP contribution >= 0.6 is 0 Å². The van der Waals surface area contributed by atoms with Crippen molar-refractivity contribution in [2.75, 3.05) is 6.54 Å². The molecule has 5 heteroatoms. The van der Waals surface area contributed by atoms with Crippen molar-refractivity contribution >= 4 is 11.9 Å². The number of hydrogen-bond donors (Lipinski definition) is 2. The van der Waals surface area contributed by atoms with Gasteiger partial charge in [-0.3, -0.25) is 4.79 Å². The molecule has 0 aliphatic carbocycles. The van der Waals surface area contributed by atoms with Crippen LogP contribution in [-0.4, -0.2) is 39.6 Å². The minimum atomic E-state index is -1.03. The fourth-order valence-corrected chi connectivity index (χ4v) is 1.85. The van der Waals surface area contributed by atoms with Gasteiger partial charge in [0.05, 0.1) is 0 Å². The average Bonchev–Trinajstić information content (AvgIpc) is 2.30. The second-order valence-electron chi connectivity index (χ2n) is 4.03. The van der Waals surface area contributed by atoms with Crippen LogP contribution in [-0.2, 0) is 16.0 Å². The Morgan fingerprint density at radius 2 is 1.83 bits per heavy atom. The van der Waals surface area contributed by atoms with Crippen molar-refractivity contribution in [3.63, 3.8) is 0 Å². The number of amides is 1. The van der Waals surface area contributed by atoms with E-state index in [1.54, 1.807) is 19.1 Å². The van der Waals surface area contributed by atoms with E-state index in [0.29, 0.717) is 6.54 Å². The van der Waals surface area contributed by atoms with Crippen LogP contribution in [0.4, 0.5) is 0 Å². The third-order valence-corrected chi connectivity index (χ3v) is 2.77. The zero-order chi connectivity index (χ0) is 13.7. The first-order valence-corrected chi connectivity index (χ1v) is 5.73. The molecule has 0 bridgehead atoms. The molecular weight excluding hydrogens is 234 g/mol. The highest BCUT2D eigenvalue weighted by Crippen LogP contribution is 2.14. The Labute approximate surface area is 106 Å². The maximum absolute atomic E-state index is 11.4. The van der Waals surface area contributed by atoms with Crippen LogP contribution in [0.15, 0.2) is 24.3 Å². The maximum atomic E-state index is 11.4. The average molecular weight is 251 g/mol. The van der Waals surface area contributed by atoms with Crippen molar-refractivity contribution in [2.24, 2.45) is 0 Å². The van der Waals surface area contributed by atoms with Crippen molar-refractivity contribution < 1.29 is 19.8 Å². The second-order valence-corrected chi connectivity index (χ2v) is 4.03. The van der Waals surface area contributed by atoms with Gasteiger partial charge in [0.2, 0.25) is 5.91 Å². The van der Waals surface area contributed by atoms with E-state index in [0.717, 1.165) is 5.56 Å². The molecule has 0 aromatic heterocycles. The van der Waals surface area contributed by atoms with E-state index in [4.69, 9.17) is 5.11 Å². The standard InChI is InChI=1S/C13H17NO4/c1-3-14(9(2)15)12(13(17)18)8-10-4-6-11(16)7-5-10/h4-7,12,16H,3,8H2,1-2H3,(H,17,18). The van der Waals surface area contributed by atoms with Crippen LogP contribution in [0.2, 0.25) is 0 Å². The highest BCUT2D eigenvalue weighted by atomic mass is 16.4. The first-order chi connectivity index (χ1) is 8.45. The van der Waals surface area contributed by atoms with Gasteiger partial charge in [0, 0.05) is 19.9 Å². The molecule has 1 rings (SSSR count). The second kappa shape index (κ2) is 6.05. The summed E-state index contributed by atoms with van der Waals surface area (Å²) in [6, 6.07) is 5.42. The van der Waals surface area contributed by atoms with Crippen molar-refractivity contribution in [2.45, 2.75) is 26.3 Å². The number of benzene rings is 1. The molecule has 0 heterocycles. The quantitative estimate of drug-likeness (QED) is 0.825. The van der Waals surface area contributed by atoms with Crippen LogP contribution in [0.3, 0.4) is 0 Å². The first kappa shape index (κ1) is 14.0. The molecule has 1 amide bonds. The number of aromatic hydroxyl groups is 1. The monoisotopic (exact) mass is 251 g/mol. The number of aliphatic carboxylic acids is 1. The van der Waals surface area contributed by atoms with Crippen molar-refractivity contribution in [1.82, 2.24) is 4.90 Å². The summed E-state index contributed by atoms with van der Waals surface area (Å²) in [5.41, 5.74) is 0.764. The van der Waals surface area contributed by atoms with E-state index < -0.39 is 12.0 Å². The first-order valence-electron chi connectivity index (χ1n) is 5.73. The van der Waals surface area contributed by atoms with E-state index in [1.165, 1.54) is 24.0 Å². The smallest absolute Gasteiger partial charge is 0.326 e. The summed E-state index contributed by atoms with van der Waals surface area (Å²) in [6.07, 6.45) is 0.225. The van der Waals surface area contributed by atoms with E-state index in [2.05, 4.69) is 0 Å². The van der Waals surface area contributed by atoms with Gasteiger partial charge in [0.15, 0.2) is 0 Å². The Bertz CT molecular complexity index is 427. The minimum absolute atomic E-state index is 0.129. The Hall–Kier alpha value is -2.04. The van der Waals surface area contributed by atoms with E-state index >= 15 is 0 Å². The number of phenolic OH excluding ortho intramolecular Hbond substituents is 1. The molecule has 0 radical (unpaired) electrons. The molecular formula is C13H17NO4. The molecule has 5 nitrogen and oxygen atoms in total. The lowest BCUT2D eigenvalue weighted by Gasteiger charge is -2.26. The highest BCUT2D eigenvalue weighted by Gasteiger charge is 2.26. The molecule has 18 heavy (non-hydrogen) atoms. The predicted octanol–water partition coefficient (Wildman–Crippen LogP) is 1.26. The van der Waals surface area contributed by atoms with Crippen molar-refractivity contribution in [1.29, 1.82) is 0 Å². The van der Waals surface area contributed by atoms with Gasteiger partial charge in [-0.2, -0.15) is 0 Å². The number of phenols is 1. The number of carbonyl (C=O) groups is 2. The Morgan fingerprint density at radius 1 is 1.28 bits per heavy atom. The SMILES string of the molecule is CCN(C(C)=O)C(Cc1ccc(O)cc1)C(=O)O.